The molecule has 1 N–H and O–H groups in total. The van der Waals surface area contributed by atoms with Crippen molar-refractivity contribution in [3.05, 3.63) is 89.9 Å². The van der Waals surface area contributed by atoms with Crippen molar-refractivity contribution in [2.45, 2.75) is 13.0 Å². The second-order valence-electron chi connectivity index (χ2n) is 8.74. The first-order chi connectivity index (χ1) is 18.6. The van der Waals surface area contributed by atoms with Crippen LogP contribution in [-0.4, -0.2) is 54.1 Å². The van der Waals surface area contributed by atoms with E-state index in [-0.39, 0.29) is 0 Å². The number of para-hydroxylation sites is 1. The van der Waals surface area contributed by atoms with E-state index >= 15 is 0 Å². The number of nitrogens with one attached hydrogen (secondary N) is 1. The molecule has 0 radical (unpaired) electrons. The molecule has 1 atom stereocenters. The van der Waals surface area contributed by atoms with Crippen molar-refractivity contribution in [1.82, 2.24) is 9.78 Å². The van der Waals surface area contributed by atoms with Gasteiger partial charge in [-0.3, -0.25) is 4.79 Å². The molecule has 0 spiro atoms. The van der Waals surface area contributed by atoms with E-state index in [1.807, 2.05) is 78.3 Å². The van der Waals surface area contributed by atoms with Crippen molar-refractivity contribution in [3.63, 3.8) is 0 Å². The van der Waals surface area contributed by atoms with Crippen LogP contribution in [0.4, 0.5) is 11.4 Å². The van der Waals surface area contributed by atoms with Crippen LogP contribution in [0.25, 0.3) is 22.3 Å². The highest BCUT2D eigenvalue weighted by atomic mass is 32.1. The third-order valence-corrected chi connectivity index (χ3v) is 6.97. The summed E-state index contributed by atoms with van der Waals surface area (Å²) in [4.78, 5) is 28.4. The van der Waals surface area contributed by atoms with E-state index in [4.69, 9.17) is 14.6 Å². The Morgan fingerprint density at radius 3 is 2.50 bits per heavy atom. The van der Waals surface area contributed by atoms with Gasteiger partial charge in [0, 0.05) is 42.3 Å². The lowest BCUT2D eigenvalue weighted by Gasteiger charge is -2.28. The Morgan fingerprint density at radius 1 is 1.03 bits per heavy atom. The summed E-state index contributed by atoms with van der Waals surface area (Å²) < 4.78 is 12.5. The van der Waals surface area contributed by atoms with Gasteiger partial charge >= 0.3 is 5.97 Å². The van der Waals surface area contributed by atoms with Crippen LogP contribution in [0.2, 0.25) is 0 Å². The number of carbonyl (C=O) groups excluding carboxylic acids is 2. The van der Waals surface area contributed by atoms with Crippen molar-refractivity contribution >= 4 is 40.7 Å². The van der Waals surface area contributed by atoms with Crippen LogP contribution in [0.3, 0.4) is 0 Å². The molecule has 5 rings (SSSR count). The van der Waals surface area contributed by atoms with Crippen molar-refractivity contribution in [1.29, 1.82) is 0 Å². The highest BCUT2D eigenvalue weighted by molar-refractivity contribution is 7.13. The minimum absolute atomic E-state index is 0.401. The first-order valence-electron chi connectivity index (χ1n) is 12.4. The molecule has 3 heterocycles. The van der Waals surface area contributed by atoms with E-state index in [0.29, 0.717) is 18.9 Å². The lowest BCUT2D eigenvalue weighted by molar-refractivity contribution is -0.148. The van der Waals surface area contributed by atoms with Crippen LogP contribution in [0.5, 0.6) is 0 Å². The maximum atomic E-state index is 12.6. The van der Waals surface area contributed by atoms with E-state index < -0.39 is 18.0 Å². The van der Waals surface area contributed by atoms with Crippen molar-refractivity contribution < 1.29 is 19.1 Å². The Bertz CT molecular complexity index is 1390. The van der Waals surface area contributed by atoms with Gasteiger partial charge in [0.05, 0.1) is 23.8 Å². The Labute approximate surface area is 225 Å². The third-order valence-electron chi connectivity index (χ3n) is 6.09. The summed E-state index contributed by atoms with van der Waals surface area (Å²) in [5, 5.41) is 9.51. The lowest BCUT2D eigenvalue weighted by Crippen LogP contribution is -2.36. The standard InChI is InChI=1S/C29H28N4O4S/c1-21(29(35)30-23-10-12-24(13-11-23)32-15-17-36-18-16-32)37-27(34)14-9-22-20-33(25-6-3-2-4-7-25)31-28(22)26-8-5-19-38-26/h2-14,19-21H,15-18H2,1H3,(H,30,35)/b14-9+/t21-/m1/s1. The molecule has 1 aliphatic heterocycles. The van der Waals surface area contributed by atoms with E-state index in [9.17, 15) is 9.59 Å². The second-order valence-corrected chi connectivity index (χ2v) is 9.69. The molecular weight excluding hydrogens is 500 g/mol. The zero-order valence-electron chi connectivity index (χ0n) is 20.9. The van der Waals surface area contributed by atoms with Gasteiger partial charge in [0.2, 0.25) is 0 Å². The van der Waals surface area contributed by atoms with Crippen LogP contribution < -0.4 is 10.2 Å². The first-order valence-corrected chi connectivity index (χ1v) is 13.3. The topological polar surface area (TPSA) is 85.7 Å². The maximum absolute atomic E-state index is 12.6. The number of rotatable bonds is 8. The lowest BCUT2D eigenvalue weighted by atomic mass is 10.2. The Morgan fingerprint density at radius 2 is 1.79 bits per heavy atom. The Kier molecular flexibility index (Phi) is 7.96. The van der Waals surface area contributed by atoms with Gasteiger partial charge in [-0.15, -0.1) is 11.3 Å². The molecule has 1 amide bonds. The van der Waals surface area contributed by atoms with Gasteiger partial charge < -0.3 is 19.7 Å². The number of aromatic nitrogens is 2. The summed E-state index contributed by atoms with van der Waals surface area (Å²) in [5.74, 6) is -1.01. The number of ether oxygens (including phenoxy) is 2. The molecule has 0 aliphatic carbocycles. The van der Waals surface area contributed by atoms with Crippen LogP contribution >= 0.6 is 11.3 Å². The molecule has 1 saturated heterocycles. The predicted octanol–water partition coefficient (Wildman–Crippen LogP) is 5.02. The average Bonchev–Trinajstić information content (AvgIpc) is 3.64. The summed E-state index contributed by atoms with van der Waals surface area (Å²) in [5.41, 5.74) is 4.16. The Balaban J connectivity index is 1.21. The normalized spacial score (nSPS) is 14.4. The minimum atomic E-state index is -0.963. The van der Waals surface area contributed by atoms with Crippen LogP contribution in [-0.2, 0) is 19.1 Å². The minimum Gasteiger partial charge on any atom is -0.449 e. The van der Waals surface area contributed by atoms with Gasteiger partial charge in [-0.25, -0.2) is 9.48 Å². The molecule has 1 fully saturated rings. The van der Waals surface area contributed by atoms with Crippen molar-refractivity contribution in [2.24, 2.45) is 0 Å². The molecule has 0 bridgehead atoms. The van der Waals surface area contributed by atoms with Crippen molar-refractivity contribution in [3.8, 4) is 16.3 Å². The van der Waals surface area contributed by atoms with E-state index in [2.05, 4.69) is 10.2 Å². The smallest absolute Gasteiger partial charge is 0.331 e. The molecule has 4 aromatic rings. The Hall–Kier alpha value is -4.21. The summed E-state index contributed by atoms with van der Waals surface area (Å²) in [6.07, 6.45) is 3.89. The summed E-state index contributed by atoms with van der Waals surface area (Å²) >= 11 is 1.57. The number of carbonyl (C=O) groups is 2. The average molecular weight is 529 g/mol. The van der Waals surface area contributed by atoms with Crippen LogP contribution in [0.1, 0.15) is 12.5 Å². The number of anilines is 2. The zero-order chi connectivity index (χ0) is 26.3. The van der Waals surface area contributed by atoms with Crippen LogP contribution in [0.15, 0.2) is 84.4 Å². The van der Waals surface area contributed by atoms with Crippen molar-refractivity contribution in [2.75, 3.05) is 36.5 Å². The van der Waals surface area contributed by atoms with E-state index in [0.717, 1.165) is 40.6 Å². The summed E-state index contributed by atoms with van der Waals surface area (Å²) in [6.45, 7) is 4.65. The van der Waals surface area contributed by atoms with Gasteiger partial charge in [0.1, 0.15) is 5.69 Å². The maximum Gasteiger partial charge on any atom is 0.331 e. The molecule has 194 valence electrons. The summed E-state index contributed by atoms with van der Waals surface area (Å²) in [6, 6.07) is 21.3. The molecular formula is C29H28N4O4S. The molecule has 2 aromatic heterocycles. The largest absolute Gasteiger partial charge is 0.449 e. The fraction of sp³-hybridized carbons (Fsp3) is 0.207. The number of morpholine rings is 1. The first kappa shape index (κ1) is 25.4. The molecule has 0 saturated carbocycles. The quantitative estimate of drug-likeness (QED) is 0.255. The number of hydrogen-bond donors (Lipinski definition) is 1. The SMILES string of the molecule is C[C@@H](OC(=O)/C=C/c1cn(-c2ccccc2)nc1-c1cccs1)C(=O)Nc1ccc(N2CCOCC2)cc1. The molecule has 9 heteroatoms. The monoisotopic (exact) mass is 528 g/mol. The molecule has 38 heavy (non-hydrogen) atoms. The highest BCUT2D eigenvalue weighted by Crippen LogP contribution is 2.28. The second kappa shape index (κ2) is 11.9. The number of benzene rings is 2. The van der Waals surface area contributed by atoms with Gasteiger partial charge in [-0.05, 0) is 60.8 Å². The summed E-state index contributed by atoms with van der Waals surface area (Å²) in [7, 11) is 0. The zero-order valence-corrected chi connectivity index (χ0v) is 21.8. The van der Waals surface area contributed by atoms with Gasteiger partial charge in [-0.2, -0.15) is 5.10 Å². The molecule has 8 nitrogen and oxygen atoms in total. The van der Waals surface area contributed by atoms with Gasteiger partial charge in [-0.1, -0.05) is 24.3 Å². The molecule has 0 unspecified atom stereocenters. The van der Waals surface area contributed by atoms with Crippen LogP contribution in [0, 0.1) is 0 Å². The number of hydrogen-bond acceptors (Lipinski definition) is 7. The van der Waals surface area contributed by atoms with Gasteiger partial charge in [0.25, 0.3) is 5.91 Å². The number of esters is 1. The van der Waals surface area contributed by atoms with E-state index in [1.165, 1.54) is 6.08 Å². The fourth-order valence-corrected chi connectivity index (χ4v) is 4.80. The van der Waals surface area contributed by atoms with Gasteiger partial charge in [0.15, 0.2) is 6.10 Å². The highest BCUT2D eigenvalue weighted by Gasteiger charge is 2.18. The number of thiophene rings is 1. The predicted molar refractivity (Wildman–Crippen MR) is 150 cm³/mol. The fourth-order valence-electron chi connectivity index (χ4n) is 4.07. The van der Waals surface area contributed by atoms with E-state index in [1.54, 1.807) is 29.0 Å². The molecule has 1 aliphatic rings. The number of amides is 1. The third kappa shape index (κ3) is 6.19. The number of nitrogens with zero attached hydrogens (tertiary/aromatic N) is 3. The molecule has 2 aromatic carbocycles.